The van der Waals surface area contributed by atoms with Gasteiger partial charge in [0.15, 0.2) is 0 Å². The molecule has 0 saturated heterocycles. The maximum atomic E-state index is 14.2. The molecule has 124 valence electrons. The van der Waals surface area contributed by atoms with Gasteiger partial charge in [0.2, 0.25) is 10.0 Å². The largest absolute Gasteiger partial charge is 0.303 e. The van der Waals surface area contributed by atoms with Crippen molar-refractivity contribution in [2.24, 2.45) is 0 Å². The molecule has 0 spiro atoms. The maximum Gasteiger partial charge on any atom is 0.240 e. The van der Waals surface area contributed by atoms with Crippen LogP contribution in [0.1, 0.15) is 5.56 Å². The molecule has 0 atom stereocenters. The average Bonchev–Trinajstić information content (AvgIpc) is 3.07. The number of sulfonamides is 1. The van der Waals surface area contributed by atoms with Gasteiger partial charge in [0.05, 0.1) is 16.9 Å². The fourth-order valence-corrected chi connectivity index (χ4v) is 3.78. The van der Waals surface area contributed by atoms with E-state index in [-0.39, 0.29) is 11.4 Å². The number of rotatable bonds is 5. The van der Waals surface area contributed by atoms with E-state index >= 15 is 0 Å². The number of nitrogens with zero attached hydrogens (tertiary/aromatic N) is 2. The van der Waals surface area contributed by atoms with E-state index in [1.807, 2.05) is 0 Å². The summed E-state index contributed by atoms with van der Waals surface area (Å²) in [5.41, 5.74) is 0.876. The highest BCUT2D eigenvalue weighted by Gasteiger charge is 2.14. The first kappa shape index (κ1) is 16.8. The number of halogens is 2. The van der Waals surface area contributed by atoms with Crippen LogP contribution in [0.25, 0.3) is 5.69 Å². The van der Waals surface area contributed by atoms with Crippen LogP contribution in [-0.4, -0.2) is 18.0 Å². The van der Waals surface area contributed by atoms with Crippen LogP contribution in [0.15, 0.2) is 70.6 Å². The first-order chi connectivity index (χ1) is 11.5. The van der Waals surface area contributed by atoms with Crippen LogP contribution < -0.4 is 4.72 Å². The minimum absolute atomic E-state index is 0.00399. The third-order valence-electron chi connectivity index (χ3n) is 3.37. The van der Waals surface area contributed by atoms with Gasteiger partial charge in [0.25, 0.3) is 0 Å². The standard InChI is InChI=1S/C16H13BrFN3O2S/c17-13-2-1-3-14(9-13)24(22,23)20-10-12-4-5-16(15(18)8-12)21-7-6-19-11-21/h1-9,11,20H,10H2. The number of imidazole rings is 1. The monoisotopic (exact) mass is 409 g/mol. The summed E-state index contributed by atoms with van der Waals surface area (Å²) in [7, 11) is -3.66. The Morgan fingerprint density at radius 2 is 2.04 bits per heavy atom. The molecule has 0 saturated carbocycles. The van der Waals surface area contributed by atoms with Gasteiger partial charge in [-0.15, -0.1) is 0 Å². The Hall–Kier alpha value is -2.03. The van der Waals surface area contributed by atoms with Crippen LogP contribution in [0.3, 0.4) is 0 Å². The van der Waals surface area contributed by atoms with Gasteiger partial charge in [-0.05, 0) is 35.9 Å². The van der Waals surface area contributed by atoms with Gasteiger partial charge in [0.1, 0.15) is 5.82 Å². The third-order valence-corrected chi connectivity index (χ3v) is 5.26. The van der Waals surface area contributed by atoms with Gasteiger partial charge in [-0.25, -0.2) is 22.5 Å². The highest BCUT2D eigenvalue weighted by atomic mass is 79.9. The average molecular weight is 410 g/mol. The topological polar surface area (TPSA) is 64.0 Å². The molecule has 0 amide bonds. The minimum Gasteiger partial charge on any atom is -0.303 e. The van der Waals surface area contributed by atoms with Crippen LogP contribution in [0.2, 0.25) is 0 Å². The fourth-order valence-electron chi connectivity index (χ4n) is 2.17. The van der Waals surface area contributed by atoms with E-state index in [1.54, 1.807) is 41.2 Å². The molecule has 0 radical (unpaired) electrons. The lowest BCUT2D eigenvalue weighted by Gasteiger charge is -2.09. The lowest BCUT2D eigenvalue weighted by molar-refractivity contribution is 0.580. The molecule has 1 N–H and O–H groups in total. The molecule has 0 aliphatic carbocycles. The lowest BCUT2D eigenvalue weighted by Crippen LogP contribution is -2.23. The summed E-state index contributed by atoms with van der Waals surface area (Å²) < 4.78 is 43.4. The molecule has 3 aromatic rings. The predicted molar refractivity (Wildman–Crippen MR) is 91.7 cm³/mol. The van der Waals surface area contributed by atoms with Crippen molar-refractivity contribution in [3.05, 3.63) is 77.0 Å². The summed E-state index contributed by atoms with van der Waals surface area (Å²) in [5, 5.41) is 0. The van der Waals surface area contributed by atoms with Crippen molar-refractivity contribution in [2.75, 3.05) is 0 Å². The summed E-state index contributed by atoms with van der Waals surface area (Å²) in [4.78, 5) is 4.02. The van der Waals surface area contributed by atoms with Gasteiger partial charge in [-0.2, -0.15) is 0 Å². The van der Waals surface area contributed by atoms with E-state index in [0.717, 1.165) is 0 Å². The molecule has 24 heavy (non-hydrogen) atoms. The van der Waals surface area contributed by atoms with E-state index in [2.05, 4.69) is 25.6 Å². The number of benzene rings is 2. The molecule has 0 aliphatic rings. The number of hydrogen-bond donors (Lipinski definition) is 1. The van der Waals surface area contributed by atoms with Gasteiger partial charge >= 0.3 is 0 Å². The van der Waals surface area contributed by atoms with Crippen molar-refractivity contribution in [2.45, 2.75) is 11.4 Å². The molecule has 5 nitrogen and oxygen atoms in total. The normalized spacial score (nSPS) is 11.6. The van der Waals surface area contributed by atoms with Crippen molar-refractivity contribution in [3.63, 3.8) is 0 Å². The van der Waals surface area contributed by atoms with Crippen LogP contribution in [-0.2, 0) is 16.6 Å². The van der Waals surface area contributed by atoms with E-state index in [0.29, 0.717) is 15.7 Å². The zero-order chi connectivity index (χ0) is 17.2. The molecular formula is C16H13BrFN3O2S. The summed E-state index contributed by atoms with van der Waals surface area (Å²) in [5.74, 6) is -0.452. The second-order valence-electron chi connectivity index (χ2n) is 5.04. The van der Waals surface area contributed by atoms with E-state index < -0.39 is 15.8 Å². The van der Waals surface area contributed by atoms with Gasteiger partial charge < -0.3 is 4.57 Å². The molecule has 0 fully saturated rings. The summed E-state index contributed by atoms with van der Waals surface area (Å²) >= 11 is 3.24. The molecule has 1 heterocycles. The van der Waals surface area contributed by atoms with E-state index in [4.69, 9.17) is 0 Å². The van der Waals surface area contributed by atoms with Gasteiger partial charge in [-0.3, -0.25) is 0 Å². The Labute approximate surface area is 147 Å². The number of aromatic nitrogens is 2. The molecule has 1 aromatic heterocycles. The zero-order valence-electron chi connectivity index (χ0n) is 12.4. The second kappa shape index (κ2) is 6.84. The SMILES string of the molecule is O=S(=O)(NCc1ccc(-n2ccnc2)c(F)c1)c1cccc(Br)c1. The Bertz CT molecular complexity index is 959. The van der Waals surface area contributed by atoms with Crippen LogP contribution in [0.5, 0.6) is 0 Å². The number of nitrogens with one attached hydrogen (secondary N) is 1. The van der Waals surface area contributed by atoms with E-state index in [1.165, 1.54) is 24.5 Å². The fraction of sp³-hybridized carbons (Fsp3) is 0.0625. The highest BCUT2D eigenvalue weighted by molar-refractivity contribution is 9.10. The van der Waals surface area contributed by atoms with Crippen molar-refractivity contribution in [1.82, 2.24) is 14.3 Å². The molecule has 3 rings (SSSR count). The minimum atomic E-state index is -3.66. The Morgan fingerprint density at radius 1 is 1.21 bits per heavy atom. The predicted octanol–water partition coefficient (Wildman–Crippen LogP) is 3.25. The summed E-state index contributed by atoms with van der Waals surface area (Å²) in [6.45, 7) is -0.00399. The van der Waals surface area contributed by atoms with Crippen LogP contribution in [0.4, 0.5) is 4.39 Å². The van der Waals surface area contributed by atoms with Gasteiger partial charge in [0, 0.05) is 23.4 Å². The lowest BCUT2D eigenvalue weighted by atomic mass is 10.2. The van der Waals surface area contributed by atoms with Crippen molar-refractivity contribution < 1.29 is 12.8 Å². The quantitative estimate of drug-likeness (QED) is 0.703. The molecule has 0 aliphatic heterocycles. The van der Waals surface area contributed by atoms with Crippen LogP contribution >= 0.6 is 15.9 Å². The van der Waals surface area contributed by atoms with E-state index in [9.17, 15) is 12.8 Å². The summed E-state index contributed by atoms with van der Waals surface area (Å²) in [6, 6.07) is 10.9. The molecule has 0 unspecified atom stereocenters. The zero-order valence-corrected chi connectivity index (χ0v) is 14.8. The molecule has 8 heteroatoms. The molecular weight excluding hydrogens is 397 g/mol. The highest BCUT2D eigenvalue weighted by Crippen LogP contribution is 2.18. The summed E-state index contributed by atoms with van der Waals surface area (Å²) in [6.07, 6.45) is 4.68. The number of hydrogen-bond acceptors (Lipinski definition) is 3. The smallest absolute Gasteiger partial charge is 0.240 e. The first-order valence-electron chi connectivity index (χ1n) is 6.98. The molecule has 0 bridgehead atoms. The van der Waals surface area contributed by atoms with Crippen molar-refractivity contribution in [3.8, 4) is 5.69 Å². The van der Waals surface area contributed by atoms with Crippen molar-refractivity contribution >= 4 is 26.0 Å². The van der Waals surface area contributed by atoms with Gasteiger partial charge in [-0.1, -0.05) is 28.1 Å². The third kappa shape index (κ3) is 3.72. The Kier molecular flexibility index (Phi) is 4.79. The first-order valence-corrected chi connectivity index (χ1v) is 9.25. The van der Waals surface area contributed by atoms with Crippen LogP contribution in [0, 0.1) is 5.82 Å². The molecule has 2 aromatic carbocycles. The maximum absolute atomic E-state index is 14.2. The Morgan fingerprint density at radius 3 is 2.71 bits per heavy atom. The Balaban J connectivity index is 1.76. The second-order valence-corrected chi connectivity index (χ2v) is 7.72. The van der Waals surface area contributed by atoms with Crippen molar-refractivity contribution in [1.29, 1.82) is 0 Å².